The molecule has 4 rings (SSSR count). The Morgan fingerprint density at radius 2 is 1.87 bits per heavy atom. The first kappa shape index (κ1) is 21.3. The number of sulfonamides is 1. The zero-order valence-corrected chi connectivity index (χ0v) is 18.7. The van der Waals surface area contributed by atoms with Gasteiger partial charge in [-0.15, -0.1) is 11.3 Å². The molecule has 2 fully saturated rings. The summed E-state index contributed by atoms with van der Waals surface area (Å²) in [5.74, 6) is 0.995. The van der Waals surface area contributed by atoms with E-state index in [0.717, 1.165) is 30.9 Å². The minimum Gasteiger partial charge on any atom is -0.497 e. The normalized spacial score (nSPS) is 21.5. The topological polar surface area (TPSA) is 79.8 Å². The van der Waals surface area contributed by atoms with Crippen molar-refractivity contribution in [3.63, 3.8) is 0 Å². The molecule has 1 aromatic heterocycles. The van der Waals surface area contributed by atoms with Gasteiger partial charge in [-0.05, 0) is 49.9 Å². The van der Waals surface area contributed by atoms with Gasteiger partial charge in [0.1, 0.15) is 5.75 Å². The van der Waals surface area contributed by atoms with E-state index >= 15 is 0 Å². The van der Waals surface area contributed by atoms with E-state index in [4.69, 9.17) is 4.74 Å². The van der Waals surface area contributed by atoms with Crippen LogP contribution in [-0.4, -0.2) is 61.8 Å². The smallest absolute Gasteiger partial charge is 0.243 e. The van der Waals surface area contributed by atoms with E-state index in [2.05, 4.69) is 4.98 Å². The lowest BCUT2D eigenvalue weighted by atomic mass is 9.93. The van der Waals surface area contributed by atoms with Gasteiger partial charge in [-0.2, -0.15) is 4.31 Å². The van der Waals surface area contributed by atoms with Crippen LogP contribution >= 0.6 is 11.3 Å². The molecule has 0 spiro atoms. The van der Waals surface area contributed by atoms with E-state index in [1.54, 1.807) is 42.7 Å². The molecule has 3 heterocycles. The molecule has 1 amide bonds. The van der Waals surface area contributed by atoms with Crippen LogP contribution in [-0.2, 0) is 14.8 Å². The molecule has 7 nitrogen and oxygen atoms in total. The highest BCUT2D eigenvalue weighted by molar-refractivity contribution is 7.89. The number of likely N-dealkylation sites (tertiary alicyclic amines) is 1. The van der Waals surface area contributed by atoms with E-state index < -0.39 is 10.0 Å². The SMILES string of the molecule is COc1ccc(S(=O)(=O)N2CCC(C(=O)N3CCCC(c4nccs4)C3)CC2)cc1. The maximum absolute atomic E-state index is 13.1. The van der Waals surface area contributed by atoms with Crippen LogP contribution in [0.1, 0.15) is 36.6 Å². The Labute approximate surface area is 181 Å². The minimum absolute atomic E-state index is 0.109. The molecule has 0 N–H and O–H groups in total. The van der Waals surface area contributed by atoms with Gasteiger partial charge in [-0.3, -0.25) is 4.79 Å². The van der Waals surface area contributed by atoms with Crippen molar-refractivity contribution in [2.24, 2.45) is 5.92 Å². The summed E-state index contributed by atoms with van der Waals surface area (Å²) >= 11 is 1.65. The van der Waals surface area contributed by atoms with E-state index in [1.165, 1.54) is 4.31 Å². The predicted octanol–water partition coefficient (Wildman–Crippen LogP) is 2.96. The second-order valence-corrected chi connectivity index (χ2v) is 10.7. The molecular weight excluding hydrogens is 422 g/mol. The number of thiazole rings is 1. The second-order valence-electron chi connectivity index (χ2n) is 7.85. The average molecular weight is 450 g/mol. The Balaban J connectivity index is 1.36. The molecule has 9 heteroatoms. The molecule has 2 aliphatic rings. The van der Waals surface area contributed by atoms with E-state index in [1.807, 2.05) is 16.5 Å². The van der Waals surface area contributed by atoms with Crippen LogP contribution in [0, 0.1) is 5.92 Å². The first-order valence-corrected chi connectivity index (χ1v) is 12.6. The van der Waals surface area contributed by atoms with Gasteiger partial charge in [0.2, 0.25) is 15.9 Å². The van der Waals surface area contributed by atoms with Crippen LogP contribution in [0.3, 0.4) is 0 Å². The van der Waals surface area contributed by atoms with Crippen molar-refractivity contribution in [1.82, 2.24) is 14.2 Å². The third kappa shape index (κ3) is 4.38. The molecule has 0 saturated carbocycles. The largest absolute Gasteiger partial charge is 0.497 e. The molecule has 2 aromatic rings. The van der Waals surface area contributed by atoms with Crippen molar-refractivity contribution in [2.75, 3.05) is 33.3 Å². The van der Waals surface area contributed by atoms with Crippen LogP contribution in [0.25, 0.3) is 0 Å². The van der Waals surface area contributed by atoms with Crippen LogP contribution in [0.4, 0.5) is 0 Å². The molecule has 1 unspecified atom stereocenters. The summed E-state index contributed by atoms with van der Waals surface area (Å²) < 4.78 is 32.4. The monoisotopic (exact) mass is 449 g/mol. The average Bonchev–Trinajstić information content (AvgIpc) is 3.34. The zero-order valence-electron chi connectivity index (χ0n) is 17.1. The van der Waals surface area contributed by atoms with Gasteiger partial charge in [0.05, 0.1) is 17.0 Å². The quantitative estimate of drug-likeness (QED) is 0.701. The second kappa shape index (κ2) is 9.03. The predicted molar refractivity (Wildman–Crippen MR) is 115 cm³/mol. The number of amides is 1. The van der Waals surface area contributed by atoms with Crippen molar-refractivity contribution >= 4 is 27.3 Å². The molecule has 0 aliphatic carbocycles. The summed E-state index contributed by atoms with van der Waals surface area (Å²) in [5.41, 5.74) is 0. The fraction of sp³-hybridized carbons (Fsp3) is 0.524. The number of carbonyl (C=O) groups excluding carboxylic acids is 1. The standard InChI is InChI=1S/C21H27N3O4S2/c1-28-18-4-6-19(7-5-18)30(26,27)24-12-8-16(9-13-24)21(25)23-11-2-3-17(15-23)20-22-10-14-29-20/h4-7,10,14,16-17H,2-3,8-9,11-13,15H2,1H3. The fourth-order valence-electron chi connectivity index (χ4n) is 4.31. The molecular formula is C21H27N3O4S2. The number of hydrogen-bond donors (Lipinski definition) is 0. The third-order valence-electron chi connectivity index (χ3n) is 6.03. The van der Waals surface area contributed by atoms with Crippen LogP contribution in [0.5, 0.6) is 5.75 Å². The van der Waals surface area contributed by atoms with Crippen molar-refractivity contribution in [3.05, 3.63) is 40.8 Å². The summed E-state index contributed by atoms with van der Waals surface area (Å²) in [6.07, 6.45) is 5.00. The van der Waals surface area contributed by atoms with E-state index in [0.29, 0.717) is 37.6 Å². The lowest BCUT2D eigenvalue weighted by Crippen LogP contribution is -2.46. The van der Waals surface area contributed by atoms with Gasteiger partial charge in [0.15, 0.2) is 0 Å². The van der Waals surface area contributed by atoms with Gasteiger partial charge < -0.3 is 9.64 Å². The first-order chi connectivity index (χ1) is 14.5. The van der Waals surface area contributed by atoms with Gasteiger partial charge in [-0.1, -0.05) is 0 Å². The third-order valence-corrected chi connectivity index (χ3v) is 8.89. The van der Waals surface area contributed by atoms with Crippen LogP contribution in [0.2, 0.25) is 0 Å². The Morgan fingerprint density at radius 3 is 2.50 bits per heavy atom. The Kier molecular flexibility index (Phi) is 6.40. The zero-order chi connectivity index (χ0) is 21.1. The van der Waals surface area contributed by atoms with Gasteiger partial charge in [-0.25, -0.2) is 13.4 Å². The van der Waals surface area contributed by atoms with Gasteiger partial charge >= 0.3 is 0 Å². The lowest BCUT2D eigenvalue weighted by Gasteiger charge is -2.37. The molecule has 0 bridgehead atoms. The molecule has 162 valence electrons. The molecule has 2 aliphatic heterocycles. The van der Waals surface area contributed by atoms with E-state index in [9.17, 15) is 13.2 Å². The molecule has 1 aromatic carbocycles. The highest BCUT2D eigenvalue weighted by atomic mass is 32.2. The van der Waals surface area contributed by atoms with Crippen LogP contribution < -0.4 is 4.74 Å². The van der Waals surface area contributed by atoms with Gasteiger partial charge in [0, 0.05) is 49.6 Å². The Hall–Kier alpha value is -1.97. The van der Waals surface area contributed by atoms with Gasteiger partial charge in [0.25, 0.3) is 0 Å². The van der Waals surface area contributed by atoms with Crippen molar-refractivity contribution < 1.29 is 17.9 Å². The number of rotatable bonds is 5. The van der Waals surface area contributed by atoms with Crippen molar-refractivity contribution in [1.29, 1.82) is 0 Å². The van der Waals surface area contributed by atoms with Crippen molar-refractivity contribution in [2.45, 2.75) is 36.5 Å². The molecule has 0 radical (unpaired) electrons. The maximum atomic E-state index is 13.1. The Bertz CT molecular complexity index is 953. The Morgan fingerprint density at radius 1 is 1.13 bits per heavy atom. The number of piperidine rings is 2. The summed E-state index contributed by atoms with van der Waals surface area (Å²) in [5, 5.41) is 3.09. The number of aromatic nitrogens is 1. The lowest BCUT2D eigenvalue weighted by molar-refractivity contribution is -0.138. The summed E-state index contributed by atoms with van der Waals surface area (Å²) in [6.45, 7) is 2.24. The number of methoxy groups -OCH3 is 1. The number of ether oxygens (including phenoxy) is 1. The molecule has 2 saturated heterocycles. The van der Waals surface area contributed by atoms with E-state index in [-0.39, 0.29) is 16.7 Å². The number of nitrogens with zero attached hydrogens (tertiary/aromatic N) is 3. The number of carbonyl (C=O) groups is 1. The molecule has 30 heavy (non-hydrogen) atoms. The summed E-state index contributed by atoms with van der Waals surface area (Å²) in [4.78, 5) is 19.7. The highest BCUT2D eigenvalue weighted by Crippen LogP contribution is 2.31. The maximum Gasteiger partial charge on any atom is 0.243 e. The number of benzene rings is 1. The minimum atomic E-state index is -3.55. The van der Waals surface area contributed by atoms with Crippen LogP contribution in [0.15, 0.2) is 40.7 Å². The fourth-order valence-corrected chi connectivity index (χ4v) is 6.55. The molecule has 1 atom stereocenters. The number of hydrogen-bond acceptors (Lipinski definition) is 6. The van der Waals surface area contributed by atoms with Crippen molar-refractivity contribution in [3.8, 4) is 5.75 Å². The highest BCUT2D eigenvalue weighted by Gasteiger charge is 2.35. The first-order valence-electron chi connectivity index (χ1n) is 10.3. The summed E-state index contributed by atoms with van der Waals surface area (Å²) in [7, 11) is -2.01. The summed E-state index contributed by atoms with van der Waals surface area (Å²) in [6, 6.07) is 6.44.